The first-order chi connectivity index (χ1) is 9.54. The van der Waals surface area contributed by atoms with E-state index in [1.807, 2.05) is 19.1 Å². The van der Waals surface area contributed by atoms with Crippen LogP contribution in [0, 0.1) is 16.0 Å². The van der Waals surface area contributed by atoms with Crippen LogP contribution in [0.1, 0.15) is 26.3 Å². The lowest BCUT2D eigenvalue weighted by Gasteiger charge is -2.22. The molecule has 1 N–H and O–H groups in total. The molecule has 0 fully saturated rings. The van der Waals surface area contributed by atoms with Crippen molar-refractivity contribution in [2.75, 3.05) is 19.8 Å². The van der Waals surface area contributed by atoms with E-state index in [4.69, 9.17) is 4.74 Å². The lowest BCUT2D eigenvalue weighted by molar-refractivity contribution is -0.384. The smallest absolute Gasteiger partial charge is 0.269 e. The maximum atomic E-state index is 10.6. The third-order valence-electron chi connectivity index (χ3n) is 3.27. The zero-order chi connectivity index (χ0) is 15.0. The molecule has 0 heterocycles. The second-order valence-electron chi connectivity index (χ2n) is 5.14. The van der Waals surface area contributed by atoms with Crippen LogP contribution in [0.15, 0.2) is 24.3 Å². The molecule has 0 aromatic heterocycles. The summed E-state index contributed by atoms with van der Waals surface area (Å²) in [6.07, 6.45) is 0.855. The van der Waals surface area contributed by atoms with Crippen molar-refractivity contribution in [3.05, 3.63) is 39.9 Å². The minimum absolute atomic E-state index is 0.137. The van der Waals surface area contributed by atoms with E-state index < -0.39 is 0 Å². The van der Waals surface area contributed by atoms with Crippen LogP contribution in [-0.2, 0) is 11.2 Å². The highest BCUT2D eigenvalue weighted by Crippen LogP contribution is 2.12. The number of nitro benzene ring substituents is 1. The van der Waals surface area contributed by atoms with Crippen molar-refractivity contribution in [2.24, 2.45) is 5.92 Å². The number of rotatable bonds is 9. The van der Waals surface area contributed by atoms with Crippen LogP contribution < -0.4 is 5.32 Å². The highest BCUT2D eigenvalue weighted by Gasteiger charge is 2.12. The molecule has 1 unspecified atom stereocenters. The topological polar surface area (TPSA) is 64.4 Å². The van der Waals surface area contributed by atoms with E-state index in [1.54, 1.807) is 12.1 Å². The van der Waals surface area contributed by atoms with Crippen molar-refractivity contribution < 1.29 is 9.66 Å². The van der Waals surface area contributed by atoms with Crippen LogP contribution >= 0.6 is 0 Å². The number of non-ortho nitro benzene ring substituents is 1. The summed E-state index contributed by atoms with van der Waals surface area (Å²) in [7, 11) is 0. The third-order valence-corrected chi connectivity index (χ3v) is 3.27. The van der Waals surface area contributed by atoms with Gasteiger partial charge in [0.05, 0.1) is 11.5 Å². The first kappa shape index (κ1) is 16.6. The number of nitrogens with zero attached hydrogens (tertiary/aromatic N) is 1. The summed E-state index contributed by atoms with van der Waals surface area (Å²) >= 11 is 0. The van der Waals surface area contributed by atoms with Crippen molar-refractivity contribution in [3.8, 4) is 0 Å². The summed E-state index contributed by atoms with van der Waals surface area (Å²) in [5, 5.41) is 14.1. The minimum atomic E-state index is -0.376. The molecule has 0 saturated heterocycles. The van der Waals surface area contributed by atoms with Gasteiger partial charge in [-0.25, -0.2) is 0 Å². The van der Waals surface area contributed by atoms with Gasteiger partial charge in [-0.05, 0) is 31.4 Å². The van der Waals surface area contributed by atoms with Crippen LogP contribution in [0.25, 0.3) is 0 Å². The van der Waals surface area contributed by atoms with Crippen molar-refractivity contribution in [2.45, 2.75) is 33.2 Å². The molecule has 0 bridgehead atoms. The van der Waals surface area contributed by atoms with Gasteiger partial charge in [0, 0.05) is 24.8 Å². The fraction of sp³-hybridized carbons (Fsp3) is 0.600. The maximum Gasteiger partial charge on any atom is 0.269 e. The molecular weight excluding hydrogens is 256 g/mol. The number of benzene rings is 1. The van der Waals surface area contributed by atoms with E-state index in [1.165, 1.54) is 0 Å². The molecule has 0 amide bonds. The average Bonchev–Trinajstić information content (AvgIpc) is 2.42. The average molecular weight is 280 g/mol. The van der Waals surface area contributed by atoms with Crippen molar-refractivity contribution in [1.29, 1.82) is 0 Å². The van der Waals surface area contributed by atoms with E-state index in [0.29, 0.717) is 18.6 Å². The zero-order valence-corrected chi connectivity index (χ0v) is 12.5. The second-order valence-corrected chi connectivity index (χ2v) is 5.14. The van der Waals surface area contributed by atoms with Crippen LogP contribution in [0.4, 0.5) is 5.69 Å². The van der Waals surface area contributed by atoms with Crippen LogP contribution in [0.3, 0.4) is 0 Å². The molecule has 0 aliphatic carbocycles. The molecule has 0 saturated carbocycles. The fourth-order valence-electron chi connectivity index (χ4n) is 1.92. The molecule has 20 heavy (non-hydrogen) atoms. The quantitative estimate of drug-likeness (QED) is 0.558. The molecule has 0 aliphatic heterocycles. The second kappa shape index (κ2) is 8.66. The summed E-state index contributed by atoms with van der Waals surface area (Å²) in [6, 6.07) is 7.07. The molecule has 5 heteroatoms. The molecule has 112 valence electrons. The van der Waals surface area contributed by atoms with Gasteiger partial charge in [0.1, 0.15) is 0 Å². The molecule has 1 aromatic rings. The van der Waals surface area contributed by atoms with Gasteiger partial charge in [-0.1, -0.05) is 26.0 Å². The van der Waals surface area contributed by atoms with Crippen LogP contribution in [0.2, 0.25) is 0 Å². The Bertz CT molecular complexity index is 404. The maximum absolute atomic E-state index is 10.6. The van der Waals surface area contributed by atoms with Gasteiger partial charge in [-0.15, -0.1) is 0 Å². The van der Waals surface area contributed by atoms with Crippen LogP contribution in [-0.4, -0.2) is 30.7 Å². The minimum Gasteiger partial charge on any atom is -0.380 e. The Hall–Kier alpha value is -1.46. The monoisotopic (exact) mass is 280 g/mol. The Morgan fingerprint density at radius 3 is 2.45 bits per heavy atom. The summed E-state index contributed by atoms with van der Waals surface area (Å²) in [4.78, 5) is 10.2. The molecule has 0 spiro atoms. The number of hydrogen-bond acceptors (Lipinski definition) is 4. The van der Waals surface area contributed by atoms with Gasteiger partial charge in [-0.2, -0.15) is 0 Å². The van der Waals surface area contributed by atoms with Crippen LogP contribution in [0.5, 0.6) is 0 Å². The molecule has 1 atom stereocenters. The normalized spacial score (nSPS) is 12.6. The van der Waals surface area contributed by atoms with Gasteiger partial charge >= 0.3 is 0 Å². The van der Waals surface area contributed by atoms with E-state index in [0.717, 1.165) is 25.1 Å². The number of ether oxygens (including phenoxy) is 1. The molecular formula is C15H24N2O3. The zero-order valence-electron chi connectivity index (χ0n) is 12.5. The number of nitro groups is 1. The van der Waals surface area contributed by atoms with E-state index in [-0.39, 0.29) is 10.6 Å². The predicted molar refractivity (Wildman–Crippen MR) is 79.9 cm³/mol. The van der Waals surface area contributed by atoms with Crippen molar-refractivity contribution in [1.82, 2.24) is 5.32 Å². The summed E-state index contributed by atoms with van der Waals surface area (Å²) < 4.78 is 5.46. The Balaban J connectivity index is 2.40. The van der Waals surface area contributed by atoms with Gasteiger partial charge in [0.15, 0.2) is 0 Å². The van der Waals surface area contributed by atoms with Gasteiger partial charge < -0.3 is 10.1 Å². The van der Waals surface area contributed by atoms with Gasteiger partial charge in [-0.3, -0.25) is 10.1 Å². The molecule has 1 aromatic carbocycles. The standard InChI is InChI=1S/C15H24N2O3/c1-4-20-11-15(12(2)3)16-10-9-13-5-7-14(8-6-13)17(18)19/h5-8,12,15-16H,4,9-11H2,1-3H3. The number of nitrogens with one attached hydrogen (secondary N) is 1. The Labute approximate surface area is 120 Å². The Morgan fingerprint density at radius 2 is 1.95 bits per heavy atom. The Kier molecular flexibility index (Phi) is 7.18. The largest absolute Gasteiger partial charge is 0.380 e. The van der Waals surface area contributed by atoms with E-state index >= 15 is 0 Å². The summed E-state index contributed by atoms with van der Waals surface area (Å²) in [5.41, 5.74) is 1.24. The van der Waals surface area contributed by atoms with Crippen molar-refractivity contribution >= 4 is 5.69 Å². The molecule has 0 radical (unpaired) electrons. The number of hydrogen-bond donors (Lipinski definition) is 1. The predicted octanol–water partition coefficient (Wildman–Crippen LogP) is 2.79. The van der Waals surface area contributed by atoms with Crippen molar-refractivity contribution in [3.63, 3.8) is 0 Å². The molecule has 1 rings (SSSR count). The molecule has 5 nitrogen and oxygen atoms in total. The lowest BCUT2D eigenvalue weighted by Crippen LogP contribution is -2.39. The fourth-order valence-corrected chi connectivity index (χ4v) is 1.92. The highest BCUT2D eigenvalue weighted by molar-refractivity contribution is 5.32. The summed E-state index contributed by atoms with van der Waals surface area (Å²) in [5.74, 6) is 0.512. The highest BCUT2D eigenvalue weighted by atomic mass is 16.6. The SMILES string of the molecule is CCOCC(NCCc1ccc([N+](=O)[O-])cc1)C(C)C. The lowest BCUT2D eigenvalue weighted by atomic mass is 10.0. The van der Waals surface area contributed by atoms with E-state index in [2.05, 4.69) is 19.2 Å². The van der Waals surface area contributed by atoms with Gasteiger partial charge in [0.2, 0.25) is 0 Å². The first-order valence-corrected chi connectivity index (χ1v) is 7.09. The van der Waals surface area contributed by atoms with E-state index in [9.17, 15) is 10.1 Å². The van der Waals surface area contributed by atoms with Gasteiger partial charge in [0.25, 0.3) is 5.69 Å². The Morgan fingerprint density at radius 1 is 1.30 bits per heavy atom. The third kappa shape index (κ3) is 5.67. The first-order valence-electron chi connectivity index (χ1n) is 7.09. The summed E-state index contributed by atoms with van der Waals surface area (Å²) in [6.45, 7) is 8.62. The molecule has 0 aliphatic rings.